The molecule has 142 valence electrons. The Bertz CT molecular complexity index is 680. The molecule has 1 saturated heterocycles. The predicted molar refractivity (Wildman–Crippen MR) is 107 cm³/mol. The van der Waals surface area contributed by atoms with Gasteiger partial charge in [0.2, 0.25) is 0 Å². The highest BCUT2D eigenvalue weighted by Gasteiger charge is 2.18. The van der Waals surface area contributed by atoms with E-state index in [-0.39, 0.29) is 18.5 Å². The molecule has 0 aliphatic carbocycles. The number of para-hydroxylation sites is 1. The Balaban J connectivity index is 0.00000243. The maximum absolute atomic E-state index is 6.08. The number of halogens is 1. The summed E-state index contributed by atoms with van der Waals surface area (Å²) < 4.78 is 17.2. The van der Waals surface area contributed by atoms with Crippen molar-refractivity contribution < 1.29 is 14.2 Å². The fourth-order valence-corrected chi connectivity index (χ4v) is 3.11. The summed E-state index contributed by atoms with van der Waals surface area (Å²) in [4.78, 5) is 2.28. The molecule has 0 spiro atoms. The van der Waals surface area contributed by atoms with E-state index in [4.69, 9.17) is 14.2 Å². The Kier molecular flexibility index (Phi) is 8.23. The van der Waals surface area contributed by atoms with E-state index in [2.05, 4.69) is 36.2 Å². The molecule has 2 aromatic rings. The molecule has 2 aromatic carbocycles. The molecule has 1 heterocycles. The second-order valence-electron chi connectivity index (χ2n) is 6.53. The van der Waals surface area contributed by atoms with Gasteiger partial charge in [0.15, 0.2) is 0 Å². The van der Waals surface area contributed by atoms with Gasteiger partial charge < -0.3 is 19.1 Å². The lowest BCUT2D eigenvalue weighted by Gasteiger charge is -2.30. The number of ether oxygens (including phenoxy) is 3. The van der Waals surface area contributed by atoms with Crippen molar-refractivity contribution in [3.8, 4) is 11.5 Å². The summed E-state index contributed by atoms with van der Waals surface area (Å²) in [6, 6.07) is 16.5. The first-order valence-electron chi connectivity index (χ1n) is 8.88. The molecule has 1 atom stereocenters. The molecule has 0 bridgehead atoms. The Hall–Kier alpha value is -1.75. The maximum Gasteiger partial charge on any atom is 0.122 e. The van der Waals surface area contributed by atoms with E-state index in [1.165, 1.54) is 11.1 Å². The molecule has 0 amide bonds. The summed E-state index contributed by atoms with van der Waals surface area (Å²) in [5, 5.41) is 0. The molecule has 3 rings (SSSR count). The Morgan fingerprint density at radius 1 is 1.12 bits per heavy atom. The molecule has 4 nitrogen and oxygen atoms in total. The van der Waals surface area contributed by atoms with Crippen LogP contribution < -0.4 is 9.47 Å². The number of hydrogen-bond donors (Lipinski definition) is 0. The second kappa shape index (κ2) is 10.4. The van der Waals surface area contributed by atoms with Gasteiger partial charge in [0.05, 0.1) is 13.7 Å². The van der Waals surface area contributed by atoms with E-state index in [0.717, 1.165) is 44.0 Å². The van der Waals surface area contributed by atoms with Crippen molar-refractivity contribution in [3.63, 3.8) is 0 Å². The SMILES string of the molecule is COc1cccc(CCc2ccccc2OC[C@H]2CN(C)CCO2)c1.Cl. The third kappa shape index (κ3) is 5.90. The molecule has 5 heteroatoms. The van der Waals surface area contributed by atoms with E-state index < -0.39 is 0 Å². The first-order valence-corrected chi connectivity index (χ1v) is 8.88. The van der Waals surface area contributed by atoms with Crippen LogP contribution in [0.2, 0.25) is 0 Å². The van der Waals surface area contributed by atoms with Crippen LogP contribution >= 0.6 is 12.4 Å². The first-order chi connectivity index (χ1) is 12.2. The normalized spacial score (nSPS) is 17.4. The van der Waals surface area contributed by atoms with Crippen LogP contribution in [0.1, 0.15) is 11.1 Å². The summed E-state index contributed by atoms with van der Waals surface area (Å²) in [5.74, 6) is 1.86. The number of methoxy groups -OCH3 is 1. The summed E-state index contributed by atoms with van der Waals surface area (Å²) in [7, 11) is 3.82. The lowest BCUT2D eigenvalue weighted by atomic mass is 10.0. The van der Waals surface area contributed by atoms with Crippen LogP contribution in [0.5, 0.6) is 11.5 Å². The summed E-state index contributed by atoms with van der Waals surface area (Å²) in [5.41, 5.74) is 2.50. The molecule has 1 aliphatic rings. The summed E-state index contributed by atoms with van der Waals surface area (Å²) >= 11 is 0. The Labute approximate surface area is 162 Å². The molecule has 1 fully saturated rings. The molecule has 0 N–H and O–H groups in total. The zero-order valence-electron chi connectivity index (χ0n) is 15.5. The molecule has 0 saturated carbocycles. The van der Waals surface area contributed by atoms with Gasteiger partial charge in [-0.05, 0) is 49.2 Å². The van der Waals surface area contributed by atoms with Gasteiger partial charge in [0.25, 0.3) is 0 Å². The van der Waals surface area contributed by atoms with Gasteiger partial charge in [0, 0.05) is 13.1 Å². The van der Waals surface area contributed by atoms with Gasteiger partial charge in [-0.3, -0.25) is 0 Å². The molecule has 0 radical (unpaired) electrons. The molecular formula is C21H28ClNO3. The lowest BCUT2D eigenvalue weighted by molar-refractivity contribution is -0.0404. The van der Waals surface area contributed by atoms with Crippen LogP contribution in [0.25, 0.3) is 0 Å². The highest BCUT2D eigenvalue weighted by atomic mass is 35.5. The van der Waals surface area contributed by atoms with Gasteiger partial charge in [0.1, 0.15) is 24.2 Å². The molecular weight excluding hydrogens is 350 g/mol. The molecule has 26 heavy (non-hydrogen) atoms. The summed E-state index contributed by atoms with van der Waals surface area (Å²) in [6.07, 6.45) is 2.04. The van der Waals surface area contributed by atoms with Crippen LogP contribution in [0.15, 0.2) is 48.5 Å². The fraction of sp³-hybridized carbons (Fsp3) is 0.429. The quantitative estimate of drug-likeness (QED) is 0.737. The minimum absolute atomic E-state index is 0. The number of morpholine rings is 1. The van der Waals surface area contributed by atoms with Crippen LogP contribution in [0.4, 0.5) is 0 Å². The molecule has 0 aromatic heterocycles. The van der Waals surface area contributed by atoms with Crippen LogP contribution in [0.3, 0.4) is 0 Å². The largest absolute Gasteiger partial charge is 0.497 e. The maximum atomic E-state index is 6.08. The van der Waals surface area contributed by atoms with Crippen molar-refractivity contribution in [1.82, 2.24) is 4.90 Å². The standard InChI is InChI=1S/C21H27NO3.ClH/c1-22-12-13-24-20(15-22)16-25-21-9-4-3-7-18(21)11-10-17-6-5-8-19(14-17)23-2;/h3-9,14,20H,10-13,15-16H2,1-2H3;1H/t20-;/m1./s1. The highest BCUT2D eigenvalue weighted by molar-refractivity contribution is 5.85. The van der Waals surface area contributed by atoms with Crippen molar-refractivity contribution >= 4 is 12.4 Å². The van der Waals surface area contributed by atoms with Gasteiger partial charge in [-0.1, -0.05) is 30.3 Å². The van der Waals surface area contributed by atoms with Crippen molar-refractivity contribution in [2.24, 2.45) is 0 Å². The van der Waals surface area contributed by atoms with Crippen LogP contribution in [-0.2, 0) is 17.6 Å². The number of nitrogens with zero attached hydrogens (tertiary/aromatic N) is 1. The third-order valence-corrected chi connectivity index (χ3v) is 4.56. The van der Waals surface area contributed by atoms with Crippen molar-refractivity contribution in [1.29, 1.82) is 0 Å². The van der Waals surface area contributed by atoms with E-state index >= 15 is 0 Å². The number of rotatable bonds is 7. The number of aryl methyl sites for hydroxylation is 2. The smallest absolute Gasteiger partial charge is 0.122 e. The lowest BCUT2D eigenvalue weighted by Crippen LogP contribution is -2.42. The van der Waals surface area contributed by atoms with Gasteiger partial charge in [-0.15, -0.1) is 12.4 Å². The summed E-state index contributed by atoms with van der Waals surface area (Å²) in [6.45, 7) is 3.29. The average molecular weight is 378 g/mol. The Morgan fingerprint density at radius 2 is 1.96 bits per heavy atom. The minimum atomic E-state index is 0. The molecule has 1 aliphatic heterocycles. The van der Waals surface area contributed by atoms with Crippen LogP contribution in [0, 0.1) is 0 Å². The van der Waals surface area contributed by atoms with Crippen molar-refractivity contribution in [2.75, 3.05) is 40.5 Å². The van der Waals surface area contributed by atoms with Gasteiger partial charge >= 0.3 is 0 Å². The van der Waals surface area contributed by atoms with E-state index in [9.17, 15) is 0 Å². The third-order valence-electron chi connectivity index (χ3n) is 4.56. The van der Waals surface area contributed by atoms with Gasteiger partial charge in [-0.25, -0.2) is 0 Å². The average Bonchev–Trinajstić information content (AvgIpc) is 2.65. The van der Waals surface area contributed by atoms with E-state index in [1.54, 1.807) is 7.11 Å². The van der Waals surface area contributed by atoms with Crippen molar-refractivity contribution in [3.05, 3.63) is 59.7 Å². The first kappa shape index (κ1) is 20.6. The Morgan fingerprint density at radius 3 is 2.77 bits per heavy atom. The number of hydrogen-bond acceptors (Lipinski definition) is 4. The number of likely N-dealkylation sites (N-methyl/N-ethyl adjacent to an activating group) is 1. The van der Waals surface area contributed by atoms with Crippen LogP contribution in [-0.4, -0.2) is 51.5 Å². The van der Waals surface area contributed by atoms with E-state index in [1.807, 2.05) is 24.3 Å². The number of benzene rings is 2. The minimum Gasteiger partial charge on any atom is -0.497 e. The second-order valence-corrected chi connectivity index (χ2v) is 6.53. The van der Waals surface area contributed by atoms with E-state index in [0.29, 0.717) is 6.61 Å². The zero-order valence-corrected chi connectivity index (χ0v) is 16.3. The topological polar surface area (TPSA) is 30.9 Å². The predicted octanol–water partition coefficient (Wildman–Crippen LogP) is 3.61. The van der Waals surface area contributed by atoms with Crippen molar-refractivity contribution in [2.45, 2.75) is 18.9 Å². The zero-order chi connectivity index (χ0) is 17.5. The fourth-order valence-electron chi connectivity index (χ4n) is 3.11. The molecule has 0 unspecified atom stereocenters. The highest BCUT2D eigenvalue weighted by Crippen LogP contribution is 2.22. The van der Waals surface area contributed by atoms with Gasteiger partial charge in [-0.2, -0.15) is 0 Å². The monoisotopic (exact) mass is 377 g/mol.